The second-order valence-corrected chi connectivity index (χ2v) is 9.56. The summed E-state index contributed by atoms with van der Waals surface area (Å²) in [4.78, 5) is 9.60. The second-order valence-electron chi connectivity index (χ2n) is 5.39. The van der Waals surface area contributed by atoms with Gasteiger partial charge in [-0.15, -0.1) is 0 Å². The van der Waals surface area contributed by atoms with E-state index in [1.165, 1.54) is 6.92 Å². The number of rotatable bonds is 5. The summed E-state index contributed by atoms with van der Waals surface area (Å²) in [7, 11) is -9.90. The molecule has 10 heteroatoms. The number of anilines is 1. The number of benzene rings is 2. The SMILES string of the molecule is Cc1ccc(Br)cc1SNc1cc(S(F)(F)(F)(F)F)cc(C=O)c1C. The van der Waals surface area contributed by atoms with E-state index in [-0.39, 0.29) is 23.6 Å². The van der Waals surface area contributed by atoms with E-state index in [4.69, 9.17) is 0 Å². The van der Waals surface area contributed by atoms with Crippen LogP contribution in [0.3, 0.4) is 0 Å². The van der Waals surface area contributed by atoms with Crippen LogP contribution in [0.1, 0.15) is 21.5 Å². The zero-order valence-electron chi connectivity index (χ0n) is 13.0. The van der Waals surface area contributed by atoms with Crippen LogP contribution < -0.4 is 4.72 Å². The van der Waals surface area contributed by atoms with Gasteiger partial charge in [0.2, 0.25) is 0 Å². The van der Waals surface area contributed by atoms with E-state index < -0.39 is 20.7 Å². The molecular formula is C15H13BrF5NOS2. The molecule has 0 amide bonds. The molecule has 0 radical (unpaired) electrons. The van der Waals surface area contributed by atoms with Gasteiger partial charge < -0.3 is 4.72 Å². The van der Waals surface area contributed by atoms with Gasteiger partial charge in [0, 0.05) is 20.6 Å². The average Bonchev–Trinajstić information content (AvgIpc) is 2.46. The average molecular weight is 462 g/mol. The van der Waals surface area contributed by atoms with Crippen LogP contribution in [0.15, 0.2) is 44.6 Å². The topological polar surface area (TPSA) is 29.1 Å². The number of aldehydes is 1. The summed E-state index contributed by atoms with van der Waals surface area (Å²) in [5.41, 5.74) is 0.357. The van der Waals surface area contributed by atoms with Crippen LogP contribution in [-0.2, 0) is 0 Å². The number of hydrogen-bond donors (Lipinski definition) is 1. The van der Waals surface area contributed by atoms with Crippen LogP contribution in [0.4, 0.5) is 25.1 Å². The largest absolute Gasteiger partial charge is 0.325 e. The maximum absolute atomic E-state index is 13.1. The molecule has 0 aromatic heterocycles. The fourth-order valence-corrected chi connectivity index (χ4v) is 4.00. The van der Waals surface area contributed by atoms with Crippen molar-refractivity contribution in [1.82, 2.24) is 0 Å². The highest BCUT2D eigenvalue weighted by Crippen LogP contribution is 3.02. The zero-order chi connectivity index (χ0) is 19.1. The molecule has 138 valence electrons. The molecule has 1 N–H and O–H groups in total. The van der Waals surface area contributed by atoms with Crippen molar-refractivity contribution in [2.75, 3.05) is 4.72 Å². The lowest BCUT2D eigenvalue weighted by Crippen LogP contribution is -2.08. The Kier molecular flexibility index (Phi) is 4.72. The molecule has 0 atom stereocenters. The first-order valence-electron chi connectivity index (χ1n) is 6.74. The smallest absolute Gasteiger partial charge is 0.310 e. The van der Waals surface area contributed by atoms with Crippen molar-refractivity contribution in [3.05, 3.63) is 51.5 Å². The van der Waals surface area contributed by atoms with Crippen molar-refractivity contribution in [2.24, 2.45) is 0 Å². The monoisotopic (exact) mass is 461 g/mol. The Morgan fingerprint density at radius 1 is 1.08 bits per heavy atom. The maximum Gasteiger partial charge on any atom is 0.310 e. The summed E-state index contributed by atoms with van der Waals surface area (Å²) in [5, 5.41) is 0. The van der Waals surface area contributed by atoms with Gasteiger partial charge >= 0.3 is 10.2 Å². The highest BCUT2D eigenvalue weighted by molar-refractivity contribution is 9.10. The first-order chi connectivity index (χ1) is 11.2. The van der Waals surface area contributed by atoms with E-state index in [0.29, 0.717) is 11.0 Å². The zero-order valence-corrected chi connectivity index (χ0v) is 16.2. The number of hydrogen-bond acceptors (Lipinski definition) is 3. The summed E-state index contributed by atoms with van der Waals surface area (Å²) < 4.78 is 68.9. The Bertz CT molecular complexity index is 856. The number of carbonyl (C=O) groups excluding carboxylic acids is 1. The molecule has 0 aliphatic heterocycles. The Hall–Kier alpha value is -1.26. The van der Waals surface area contributed by atoms with Gasteiger partial charge in [-0.2, -0.15) is 0 Å². The Morgan fingerprint density at radius 3 is 2.28 bits per heavy atom. The van der Waals surface area contributed by atoms with Crippen LogP contribution in [0.5, 0.6) is 0 Å². The highest BCUT2D eigenvalue weighted by atomic mass is 79.9. The van der Waals surface area contributed by atoms with E-state index in [1.807, 2.05) is 0 Å². The molecule has 0 bridgehead atoms. The molecule has 0 heterocycles. The minimum absolute atomic E-state index is 0.128. The third-order valence-electron chi connectivity index (χ3n) is 3.41. The van der Waals surface area contributed by atoms with Crippen molar-refractivity contribution in [2.45, 2.75) is 23.6 Å². The summed E-state index contributed by atoms with van der Waals surface area (Å²) in [6.07, 6.45) is 0.128. The second kappa shape index (κ2) is 5.88. The molecular weight excluding hydrogens is 449 g/mol. The Labute approximate surface area is 154 Å². The van der Waals surface area contributed by atoms with Gasteiger partial charge in [0.05, 0.1) is 0 Å². The van der Waals surface area contributed by atoms with Gasteiger partial charge in [-0.1, -0.05) is 41.4 Å². The summed E-state index contributed by atoms with van der Waals surface area (Å²) in [6.45, 7) is 3.18. The molecule has 0 saturated carbocycles. The normalized spacial score (nSPS) is 14.6. The molecule has 2 aromatic carbocycles. The minimum atomic E-state index is -9.90. The van der Waals surface area contributed by atoms with Crippen LogP contribution in [-0.4, -0.2) is 6.29 Å². The van der Waals surface area contributed by atoms with E-state index >= 15 is 0 Å². The standard InChI is InChI=1S/C15H13BrF5NOS2/c1-9-3-4-12(16)6-15(9)24-22-14-7-13(25(17,18,19,20)21)5-11(8-23)10(14)2/h3-8,22H,1-2H3. The molecule has 2 rings (SSSR count). The fourth-order valence-electron chi connectivity index (χ4n) is 1.95. The van der Waals surface area contributed by atoms with Crippen LogP contribution in [0.2, 0.25) is 0 Å². The van der Waals surface area contributed by atoms with E-state index in [2.05, 4.69) is 20.7 Å². The predicted molar refractivity (Wildman–Crippen MR) is 96.3 cm³/mol. The van der Waals surface area contributed by atoms with Crippen molar-refractivity contribution < 1.29 is 24.2 Å². The molecule has 0 saturated heterocycles. The Balaban J connectivity index is 2.48. The van der Waals surface area contributed by atoms with Gasteiger partial charge in [0.25, 0.3) is 0 Å². The van der Waals surface area contributed by atoms with Gasteiger partial charge in [-0.25, -0.2) is 0 Å². The number of aryl methyl sites for hydroxylation is 1. The lowest BCUT2D eigenvalue weighted by Gasteiger charge is -2.41. The van der Waals surface area contributed by atoms with Crippen molar-refractivity contribution in [1.29, 1.82) is 0 Å². The van der Waals surface area contributed by atoms with E-state index in [0.717, 1.165) is 22.0 Å². The molecule has 0 fully saturated rings. The lowest BCUT2D eigenvalue weighted by atomic mass is 10.1. The molecule has 0 unspecified atom stereocenters. The molecule has 0 spiro atoms. The number of halogens is 6. The quantitative estimate of drug-likeness (QED) is 0.281. The Morgan fingerprint density at radius 2 is 1.72 bits per heavy atom. The van der Waals surface area contributed by atoms with E-state index in [1.54, 1.807) is 25.1 Å². The molecule has 2 aromatic rings. The van der Waals surface area contributed by atoms with Gasteiger partial charge in [-0.3, -0.25) is 4.79 Å². The number of nitrogens with one attached hydrogen (secondary N) is 1. The first kappa shape index (κ1) is 20.1. The third kappa shape index (κ3) is 4.89. The van der Waals surface area contributed by atoms with Gasteiger partial charge in [-0.05, 0) is 61.2 Å². The van der Waals surface area contributed by atoms with Gasteiger partial charge in [0.1, 0.15) is 11.2 Å². The third-order valence-corrected chi connectivity index (χ3v) is 6.02. The molecule has 25 heavy (non-hydrogen) atoms. The maximum atomic E-state index is 13.1. The fraction of sp³-hybridized carbons (Fsp3) is 0.133. The van der Waals surface area contributed by atoms with Crippen LogP contribution in [0, 0.1) is 13.8 Å². The summed E-state index contributed by atoms with van der Waals surface area (Å²) in [5.74, 6) is 0. The van der Waals surface area contributed by atoms with Crippen molar-refractivity contribution >= 4 is 50.1 Å². The summed E-state index contributed by atoms with van der Waals surface area (Å²) >= 11 is 4.25. The van der Waals surface area contributed by atoms with Crippen LogP contribution in [0.25, 0.3) is 0 Å². The van der Waals surface area contributed by atoms with Crippen molar-refractivity contribution in [3.63, 3.8) is 0 Å². The predicted octanol–water partition coefficient (Wildman–Crippen LogP) is 7.66. The highest BCUT2D eigenvalue weighted by Gasteiger charge is 2.65. The minimum Gasteiger partial charge on any atom is -0.325 e. The lowest BCUT2D eigenvalue weighted by molar-refractivity contribution is 0.112. The summed E-state index contributed by atoms with van der Waals surface area (Å²) in [6, 6.07) is 5.85. The van der Waals surface area contributed by atoms with Gasteiger partial charge in [0.15, 0.2) is 0 Å². The van der Waals surface area contributed by atoms with Crippen LogP contribution >= 0.6 is 38.1 Å². The molecule has 0 aliphatic carbocycles. The van der Waals surface area contributed by atoms with E-state index in [9.17, 15) is 24.2 Å². The molecule has 0 aliphatic rings. The molecule has 2 nitrogen and oxygen atoms in total. The number of carbonyl (C=O) groups is 1. The first-order valence-corrected chi connectivity index (χ1v) is 10.3. The van der Waals surface area contributed by atoms with Crippen molar-refractivity contribution in [3.8, 4) is 0 Å².